The van der Waals surface area contributed by atoms with Crippen LogP contribution in [0.2, 0.25) is 0 Å². The smallest absolute Gasteiger partial charge is 0.242 e. The van der Waals surface area contributed by atoms with Gasteiger partial charge in [-0.25, -0.2) is 4.99 Å². The molecule has 1 aliphatic rings. The minimum absolute atomic E-state index is 0.0161. The van der Waals surface area contributed by atoms with Gasteiger partial charge < -0.3 is 5.32 Å². The van der Waals surface area contributed by atoms with Crippen molar-refractivity contribution in [3.63, 3.8) is 0 Å². The summed E-state index contributed by atoms with van der Waals surface area (Å²) in [4.78, 5) is 31.5. The molecule has 2 aromatic rings. The summed E-state index contributed by atoms with van der Waals surface area (Å²) in [7, 11) is 0. The molecule has 1 heterocycles. The molecule has 1 fully saturated rings. The molecule has 27 heavy (non-hydrogen) atoms. The fourth-order valence-corrected chi connectivity index (χ4v) is 4.07. The van der Waals surface area contributed by atoms with E-state index < -0.39 is 5.25 Å². The first-order valence-corrected chi connectivity index (χ1v) is 9.82. The number of aliphatic imine (C=N–C) groups is 1. The topological polar surface area (TPSA) is 61.8 Å². The van der Waals surface area contributed by atoms with Crippen molar-refractivity contribution in [1.29, 1.82) is 0 Å². The maximum atomic E-state index is 12.8. The summed E-state index contributed by atoms with van der Waals surface area (Å²) in [6, 6.07) is 17.1. The lowest BCUT2D eigenvalue weighted by Gasteiger charge is -2.20. The quantitative estimate of drug-likeness (QED) is 0.837. The van der Waals surface area contributed by atoms with Crippen molar-refractivity contribution < 1.29 is 9.59 Å². The predicted octanol–water partition coefficient (Wildman–Crippen LogP) is 4.36. The van der Waals surface area contributed by atoms with Gasteiger partial charge in [0.05, 0.1) is 5.69 Å². The van der Waals surface area contributed by atoms with Crippen LogP contribution >= 0.6 is 11.8 Å². The fourth-order valence-electron chi connectivity index (χ4n) is 2.80. The van der Waals surface area contributed by atoms with Crippen LogP contribution in [0, 0.1) is 6.92 Å². The third kappa shape index (κ3) is 4.77. The molecule has 6 heteroatoms. The lowest BCUT2D eigenvalue weighted by Crippen LogP contribution is -2.38. The van der Waals surface area contributed by atoms with Crippen LogP contribution in [0.3, 0.4) is 0 Å². The summed E-state index contributed by atoms with van der Waals surface area (Å²) in [6.45, 7) is 5.90. The Morgan fingerprint density at radius 2 is 1.81 bits per heavy atom. The number of carbonyl (C=O) groups excluding carboxylic acids is 2. The van der Waals surface area contributed by atoms with E-state index in [1.165, 1.54) is 11.8 Å². The Morgan fingerprint density at radius 3 is 2.44 bits per heavy atom. The number of amidine groups is 1. The molecule has 0 aromatic heterocycles. The zero-order valence-electron chi connectivity index (χ0n) is 15.7. The van der Waals surface area contributed by atoms with Crippen LogP contribution in [0.5, 0.6) is 0 Å². The molecule has 140 valence electrons. The summed E-state index contributed by atoms with van der Waals surface area (Å²) in [5.41, 5.74) is 2.66. The molecule has 1 N–H and O–H groups in total. The molecule has 0 aliphatic carbocycles. The van der Waals surface area contributed by atoms with Crippen LogP contribution in [0.25, 0.3) is 0 Å². The van der Waals surface area contributed by atoms with E-state index in [2.05, 4.69) is 10.3 Å². The molecule has 2 amide bonds. The van der Waals surface area contributed by atoms with Crippen LogP contribution in [0.15, 0.2) is 59.6 Å². The first-order chi connectivity index (χ1) is 12.9. The standard InChI is InChI=1S/C21H23N3O2S/c1-14(2)24-20(26)18(27-21(24)23-16-7-5-4-6-8-16)13-19(25)22-17-11-9-15(3)10-12-17/h4-12,14,18H,13H2,1-3H3,(H,22,25). The van der Waals surface area contributed by atoms with Gasteiger partial charge in [0, 0.05) is 18.2 Å². The number of amides is 2. The zero-order valence-corrected chi connectivity index (χ0v) is 16.5. The third-order valence-electron chi connectivity index (χ3n) is 4.17. The molecular weight excluding hydrogens is 358 g/mol. The van der Waals surface area contributed by atoms with Crippen molar-refractivity contribution in [2.45, 2.75) is 38.5 Å². The summed E-state index contributed by atoms with van der Waals surface area (Å²) < 4.78 is 0. The number of anilines is 1. The summed E-state index contributed by atoms with van der Waals surface area (Å²) in [5.74, 6) is -0.238. The SMILES string of the molecule is Cc1ccc(NC(=O)CC2SC(=Nc3ccccc3)N(C(C)C)C2=O)cc1. The molecule has 2 aromatic carbocycles. The number of benzene rings is 2. The second kappa shape index (κ2) is 8.39. The van der Waals surface area contributed by atoms with Gasteiger partial charge in [-0.05, 0) is 45.0 Å². The van der Waals surface area contributed by atoms with E-state index in [1.54, 1.807) is 4.90 Å². The molecule has 0 saturated carbocycles. The Hall–Kier alpha value is -2.60. The molecule has 3 rings (SSSR count). The first-order valence-electron chi connectivity index (χ1n) is 8.94. The van der Waals surface area contributed by atoms with Gasteiger partial charge in [-0.2, -0.15) is 0 Å². The van der Waals surface area contributed by atoms with E-state index in [9.17, 15) is 9.59 Å². The highest BCUT2D eigenvalue weighted by molar-refractivity contribution is 8.15. The van der Waals surface area contributed by atoms with Crippen molar-refractivity contribution in [3.05, 3.63) is 60.2 Å². The van der Waals surface area contributed by atoms with Crippen LogP contribution in [0.4, 0.5) is 11.4 Å². The van der Waals surface area contributed by atoms with Gasteiger partial charge >= 0.3 is 0 Å². The Bertz CT molecular complexity index is 847. The lowest BCUT2D eigenvalue weighted by atomic mass is 10.2. The Labute approximate surface area is 163 Å². The third-order valence-corrected chi connectivity index (χ3v) is 5.32. The minimum atomic E-state index is -0.458. The monoisotopic (exact) mass is 381 g/mol. The number of hydrogen-bond donors (Lipinski definition) is 1. The number of nitrogens with zero attached hydrogens (tertiary/aromatic N) is 2. The number of rotatable bonds is 5. The summed E-state index contributed by atoms with van der Waals surface area (Å²) in [6.07, 6.45) is 0.119. The van der Waals surface area contributed by atoms with Crippen LogP contribution in [-0.4, -0.2) is 33.2 Å². The molecule has 0 spiro atoms. The number of para-hydroxylation sites is 1. The van der Waals surface area contributed by atoms with E-state index >= 15 is 0 Å². The van der Waals surface area contributed by atoms with Crippen molar-refractivity contribution in [2.75, 3.05) is 5.32 Å². The van der Waals surface area contributed by atoms with E-state index in [-0.39, 0.29) is 24.3 Å². The highest BCUT2D eigenvalue weighted by Gasteiger charge is 2.40. The maximum absolute atomic E-state index is 12.8. The molecular formula is C21H23N3O2S. The highest BCUT2D eigenvalue weighted by atomic mass is 32.2. The lowest BCUT2D eigenvalue weighted by molar-refractivity contribution is -0.129. The number of nitrogens with one attached hydrogen (secondary N) is 1. The van der Waals surface area contributed by atoms with Crippen molar-refractivity contribution in [2.24, 2.45) is 4.99 Å². The fraction of sp³-hybridized carbons (Fsp3) is 0.286. The minimum Gasteiger partial charge on any atom is -0.326 e. The Balaban J connectivity index is 1.72. The Morgan fingerprint density at radius 1 is 1.15 bits per heavy atom. The summed E-state index contributed by atoms with van der Waals surface area (Å²) in [5, 5.41) is 3.05. The van der Waals surface area contributed by atoms with Gasteiger partial charge in [-0.3, -0.25) is 14.5 Å². The first kappa shape index (κ1) is 19.2. The van der Waals surface area contributed by atoms with E-state index in [0.717, 1.165) is 16.9 Å². The van der Waals surface area contributed by atoms with Crippen molar-refractivity contribution >= 4 is 40.1 Å². The normalized spacial score (nSPS) is 18.4. The zero-order chi connectivity index (χ0) is 19.4. The Kier molecular flexibility index (Phi) is 5.96. The van der Waals surface area contributed by atoms with Gasteiger partial charge in [0.1, 0.15) is 5.25 Å². The van der Waals surface area contributed by atoms with E-state index in [4.69, 9.17) is 0 Å². The molecule has 1 unspecified atom stereocenters. The van der Waals surface area contributed by atoms with Crippen LogP contribution in [-0.2, 0) is 9.59 Å². The van der Waals surface area contributed by atoms with Gasteiger partial charge in [-0.15, -0.1) is 0 Å². The average molecular weight is 382 g/mol. The van der Waals surface area contributed by atoms with Gasteiger partial charge in [0.2, 0.25) is 11.8 Å². The number of carbonyl (C=O) groups is 2. The molecule has 1 saturated heterocycles. The van der Waals surface area contributed by atoms with Gasteiger partial charge in [-0.1, -0.05) is 47.7 Å². The number of thioether (sulfide) groups is 1. The van der Waals surface area contributed by atoms with Gasteiger partial charge in [0.15, 0.2) is 5.17 Å². The molecule has 5 nitrogen and oxygen atoms in total. The van der Waals surface area contributed by atoms with Gasteiger partial charge in [0.25, 0.3) is 0 Å². The van der Waals surface area contributed by atoms with E-state index in [1.807, 2.05) is 75.4 Å². The molecule has 1 atom stereocenters. The number of aryl methyl sites for hydroxylation is 1. The van der Waals surface area contributed by atoms with Crippen LogP contribution in [0.1, 0.15) is 25.8 Å². The van der Waals surface area contributed by atoms with E-state index in [0.29, 0.717) is 5.17 Å². The van der Waals surface area contributed by atoms with Crippen molar-refractivity contribution in [3.8, 4) is 0 Å². The van der Waals surface area contributed by atoms with Crippen LogP contribution < -0.4 is 5.32 Å². The van der Waals surface area contributed by atoms with Crippen molar-refractivity contribution in [1.82, 2.24) is 4.90 Å². The second-order valence-electron chi connectivity index (χ2n) is 6.76. The molecule has 1 aliphatic heterocycles. The summed E-state index contributed by atoms with van der Waals surface area (Å²) >= 11 is 1.36. The maximum Gasteiger partial charge on any atom is 0.242 e. The molecule has 0 bridgehead atoms. The average Bonchev–Trinajstić information content (AvgIpc) is 2.93. The predicted molar refractivity (Wildman–Crippen MR) is 111 cm³/mol. The largest absolute Gasteiger partial charge is 0.326 e. The number of hydrogen-bond acceptors (Lipinski definition) is 4. The highest BCUT2D eigenvalue weighted by Crippen LogP contribution is 2.33. The molecule has 0 radical (unpaired) electrons. The second-order valence-corrected chi connectivity index (χ2v) is 7.93.